The quantitative estimate of drug-likeness (QED) is 0.820. The Morgan fingerprint density at radius 2 is 2.09 bits per heavy atom. The summed E-state index contributed by atoms with van der Waals surface area (Å²) in [4.78, 5) is 4.73. The molecule has 1 aromatic carbocycles. The van der Waals surface area contributed by atoms with Crippen LogP contribution in [0.1, 0.15) is 23.7 Å². The van der Waals surface area contributed by atoms with Crippen LogP contribution in [0.4, 0.5) is 0 Å². The Labute approximate surface area is 138 Å². The lowest BCUT2D eigenvalue weighted by Crippen LogP contribution is -2.38. The predicted octanol–water partition coefficient (Wildman–Crippen LogP) is 2.40. The van der Waals surface area contributed by atoms with Gasteiger partial charge in [0.05, 0.1) is 18.8 Å². The molecule has 0 saturated carbocycles. The van der Waals surface area contributed by atoms with Crippen molar-refractivity contribution >= 4 is 0 Å². The standard InChI is InChI=1S/C18H26N4O/c1-20(2)11-9-17-14-21(13-16-8-10-19-22(16)17)12-15-6-4-5-7-18(15)23-3/h4-8,10,17H,9,11-14H2,1-3H3/t17-/m0/s1. The van der Waals surface area contributed by atoms with Crippen LogP contribution in [0.5, 0.6) is 5.75 Å². The first kappa shape index (κ1) is 16.0. The smallest absolute Gasteiger partial charge is 0.123 e. The first-order valence-corrected chi connectivity index (χ1v) is 8.18. The van der Waals surface area contributed by atoms with Crippen LogP contribution in [-0.4, -0.2) is 53.9 Å². The zero-order valence-corrected chi connectivity index (χ0v) is 14.3. The molecular weight excluding hydrogens is 288 g/mol. The van der Waals surface area contributed by atoms with E-state index < -0.39 is 0 Å². The number of hydrogen-bond donors (Lipinski definition) is 0. The maximum Gasteiger partial charge on any atom is 0.123 e. The van der Waals surface area contributed by atoms with Crippen molar-refractivity contribution in [3.63, 3.8) is 0 Å². The van der Waals surface area contributed by atoms with Gasteiger partial charge in [0, 0.05) is 31.4 Å². The van der Waals surface area contributed by atoms with E-state index in [1.54, 1.807) is 7.11 Å². The second-order valence-corrected chi connectivity index (χ2v) is 6.49. The molecule has 0 bridgehead atoms. The van der Waals surface area contributed by atoms with E-state index >= 15 is 0 Å². The molecule has 5 heteroatoms. The van der Waals surface area contributed by atoms with Gasteiger partial charge in [-0.3, -0.25) is 9.58 Å². The van der Waals surface area contributed by atoms with Crippen LogP contribution >= 0.6 is 0 Å². The van der Waals surface area contributed by atoms with Crippen molar-refractivity contribution in [2.75, 3.05) is 34.3 Å². The fourth-order valence-electron chi connectivity index (χ4n) is 3.28. The number of hydrogen-bond acceptors (Lipinski definition) is 4. The fraction of sp³-hybridized carbons (Fsp3) is 0.500. The van der Waals surface area contributed by atoms with Gasteiger partial charge < -0.3 is 9.64 Å². The molecule has 5 nitrogen and oxygen atoms in total. The fourth-order valence-corrected chi connectivity index (χ4v) is 3.28. The van der Waals surface area contributed by atoms with Gasteiger partial charge in [-0.25, -0.2) is 0 Å². The van der Waals surface area contributed by atoms with Crippen LogP contribution in [0.2, 0.25) is 0 Å². The molecule has 3 rings (SSSR count). The van der Waals surface area contributed by atoms with Gasteiger partial charge in [-0.05, 0) is 39.2 Å². The van der Waals surface area contributed by atoms with Gasteiger partial charge in [-0.1, -0.05) is 18.2 Å². The number of benzene rings is 1. The molecule has 0 unspecified atom stereocenters. The molecule has 0 radical (unpaired) electrons. The van der Waals surface area contributed by atoms with Crippen molar-refractivity contribution in [2.45, 2.75) is 25.6 Å². The average molecular weight is 314 g/mol. The zero-order valence-electron chi connectivity index (χ0n) is 14.3. The third kappa shape index (κ3) is 3.74. The Bertz CT molecular complexity index is 637. The lowest BCUT2D eigenvalue weighted by molar-refractivity contribution is 0.153. The maximum absolute atomic E-state index is 5.50. The molecule has 1 aliphatic heterocycles. The van der Waals surface area contributed by atoms with Gasteiger partial charge in [0.1, 0.15) is 5.75 Å². The van der Waals surface area contributed by atoms with Gasteiger partial charge in [-0.15, -0.1) is 0 Å². The van der Waals surface area contributed by atoms with Crippen molar-refractivity contribution in [1.82, 2.24) is 19.6 Å². The summed E-state index contributed by atoms with van der Waals surface area (Å²) in [6.07, 6.45) is 3.04. The highest BCUT2D eigenvalue weighted by molar-refractivity contribution is 5.33. The molecule has 0 spiro atoms. The Balaban J connectivity index is 1.74. The minimum atomic E-state index is 0.436. The molecule has 0 saturated heterocycles. The summed E-state index contributed by atoms with van der Waals surface area (Å²) in [5, 5.41) is 4.54. The van der Waals surface area contributed by atoms with Crippen molar-refractivity contribution in [1.29, 1.82) is 0 Å². The molecular formula is C18H26N4O. The first-order chi connectivity index (χ1) is 11.2. The molecule has 124 valence electrons. The summed E-state index contributed by atoms with van der Waals surface area (Å²) in [6, 6.07) is 10.9. The Kier molecular flexibility index (Phi) is 4.98. The van der Waals surface area contributed by atoms with Crippen LogP contribution in [0.25, 0.3) is 0 Å². The Hall–Kier alpha value is -1.85. The van der Waals surface area contributed by atoms with Crippen molar-refractivity contribution in [3.05, 3.63) is 47.8 Å². The summed E-state index contributed by atoms with van der Waals surface area (Å²) >= 11 is 0. The molecule has 0 amide bonds. The number of fused-ring (bicyclic) bond motifs is 1. The average Bonchev–Trinajstić information content (AvgIpc) is 3.01. The van der Waals surface area contributed by atoms with E-state index in [4.69, 9.17) is 4.74 Å². The third-order valence-electron chi connectivity index (χ3n) is 4.45. The molecule has 2 aromatic rings. The highest BCUT2D eigenvalue weighted by Crippen LogP contribution is 2.26. The molecule has 0 fully saturated rings. The number of ether oxygens (including phenoxy) is 1. The van der Waals surface area contributed by atoms with Gasteiger partial charge in [0.2, 0.25) is 0 Å². The Morgan fingerprint density at radius 3 is 2.87 bits per heavy atom. The molecule has 2 heterocycles. The first-order valence-electron chi connectivity index (χ1n) is 8.18. The number of aromatic nitrogens is 2. The predicted molar refractivity (Wildman–Crippen MR) is 91.5 cm³/mol. The van der Waals surface area contributed by atoms with Crippen molar-refractivity contribution in [2.24, 2.45) is 0 Å². The minimum Gasteiger partial charge on any atom is -0.496 e. The van der Waals surface area contributed by atoms with Crippen LogP contribution in [0, 0.1) is 0 Å². The summed E-state index contributed by atoms with van der Waals surface area (Å²) in [5.74, 6) is 0.969. The van der Waals surface area contributed by atoms with Crippen molar-refractivity contribution in [3.8, 4) is 5.75 Å². The molecule has 23 heavy (non-hydrogen) atoms. The summed E-state index contributed by atoms with van der Waals surface area (Å²) in [6.45, 7) is 3.96. The van der Waals surface area contributed by atoms with Gasteiger partial charge in [-0.2, -0.15) is 5.10 Å². The maximum atomic E-state index is 5.50. The monoisotopic (exact) mass is 314 g/mol. The van der Waals surface area contributed by atoms with Gasteiger partial charge >= 0.3 is 0 Å². The van der Waals surface area contributed by atoms with E-state index in [0.29, 0.717) is 6.04 Å². The highest BCUT2D eigenvalue weighted by Gasteiger charge is 2.25. The van der Waals surface area contributed by atoms with E-state index in [-0.39, 0.29) is 0 Å². The summed E-state index contributed by atoms with van der Waals surface area (Å²) in [7, 11) is 5.99. The van der Waals surface area contributed by atoms with E-state index in [9.17, 15) is 0 Å². The second-order valence-electron chi connectivity index (χ2n) is 6.49. The zero-order chi connectivity index (χ0) is 16.2. The largest absolute Gasteiger partial charge is 0.496 e. The van der Waals surface area contributed by atoms with Gasteiger partial charge in [0.15, 0.2) is 0 Å². The summed E-state index contributed by atoms with van der Waals surface area (Å²) in [5.41, 5.74) is 2.55. The van der Waals surface area contributed by atoms with Crippen LogP contribution in [0.15, 0.2) is 36.5 Å². The highest BCUT2D eigenvalue weighted by atomic mass is 16.5. The van der Waals surface area contributed by atoms with E-state index in [0.717, 1.165) is 38.3 Å². The van der Waals surface area contributed by atoms with Crippen LogP contribution in [-0.2, 0) is 13.1 Å². The lowest BCUT2D eigenvalue weighted by atomic mass is 10.1. The molecule has 1 atom stereocenters. The number of methoxy groups -OCH3 is 1. The van der Waals surface area contributed by atoms with Crippen LogP contribution in [0.3, 0.4) is 0 Å². The lowest BCUT2D eigenvalue weighted by Gasteiger charge is -2.34. The number of para-hydroxylation sites is 1. The summed E-state index contributed by atoms with van der Waals surface area (Å²) < 4.78 is 7.71. The topological polar surface area (TPSA) is 33.5 Å². The molecule has 0 aliphatic carbocycles. The SMILES string of the molecule is COc1ccccc1CN1Cc2ccnn2[C@@H](CCN(C)C)C1. The molecule has 1 aliphatic rings. The normalized spacial score (nSPS) is 18.2. The van der Waals surface area contributed by atoms with E-state index in [1.165, 1.54) is 11.3 Å². The number of nitrogens with zero attached hydrogens (tertiary/aromatic N) is 4. The molecule has 0 N–H and O–H groups in total. The van der Waals surface area contributed by atoms with E-state index in [2.05, 4.69) is 51.9 Å². The number of rotatable bonds is 6. The molecule has 1 aromatic heterocycles. The third-order valence-corrected chi connectivity index (χ3v) is 4.45. The van der Waals surface area contributed by atoms with Crippen LogP contribution < -0.4 is 4.74 Å². The van der Waals surface area contributed by atoms with Gasteiger partial charge in [0.25, 0.3) is 0 Å². The minimum absolute atomic E-state index is 0.436. The van der Waals surface area contributed by atoms with Crippen molar-refractivity contribution < 1.29 is 4.74 Å². The Morgan fingerprint density at radius 1 is 1.26 bits per heavy atom. The van der Waals surface area contributed by atoms with E-state index in [1.807, 2.05) is 18.3 Å². The second kappa shape index (κ2) is 7.15.